The van der Waals surface area contributed by atoms with Crippen LogP contribution in [-0.4, -0.2) is 23.5 Å². The number of hydrogen-bond donors (Lipinski definition) is 1. The van der Waals surface area contributed by atoms with Crippen molar-refractivity contribution < 1.29 is 14.7 Å². The fourth-order valence-corrected chi connectivity index (χ4v) is 2.20. The number of carbonyl (C=O) groups is 2. The number of anilines is 1. The van der Waals surface area contributed by atoms with Gasteiger partial charge in [0, 0.05) is 16.7 Å². The molecule has 0 unspecified atom stereocenters. The summed E-state index contributed by atoms with van der Waals surface area (Å²) in [6, 6.07) is 7.29. The molecule has 1 heterocycles. The van der Waals surface area contributed by atoms with Crippen LogP contribution >= 0.6 is 15.9 Å². The molecule has 4 nitrogen and oxygen atoms in total. The molecule has 84 valence electrons. The van der Waals surface area contributed by atoms with Crippen LogP contribution in [-0.2, 0) is 9.59 Å². The highest BCUT2D eigenvalue weighted by Crippen LogP contribution is 2.27. The average molecular weight is 284 g/mol. The summed E-state index contributed by atoms with van der Waals surface area (Å²) in [5, 5.41) is 8.85. The second-order valence-electron chi connectivity index (χ2n) is 3.65. The predicted octanol–water partition coefficient (Wildman–Crippen LogP) is 1.89. The highest BCUT2D eigenvalue weighted by atomic mass is 79.9. The lowest BCUT2D eigenvalue weighted by molar-refractivity contribution is -0.144. The summed E-state index contributed by atoms with van der Waals surface area (Å²) in [6.07, 6.45) is 0.376. The largest absolute Gasteiger partial charge is 0.481 e. The van der Waals surface area contributed by atoms with Crippen molar-refractivity contribution in [1.82, 2.24) is 0 Å². The van der Waals surface area contributed by atoms with Gasteiger partial charge >= 0.3 is 5.97 Å². The predicted molar refractivity (Wildman–Crippen MR) is 62.2 cm³/mol. The lowest BCUT2D eigenvalue weighted by Gasteiger charge is -2.16. The van der Waals surface area contributed by atoms with Gasteiger partial charge in [0.1, 0.15) is 5.92 Å². The molecule has 1 aliphatic rings. The summed E-state index contributed by atoms with van der Waals surface area (Å²) >= 11 is 3.32. The van der Waals surface area contributed by atoms with Crippen molar-refractivity contribution in [1.29, 1.82) is 0 Å². The standard InChI is InChI=1S/C11H10BrNO3/c12-7-2-1-3-8(6-7)13-5-4-9(10(13)14)11(15)16/h1-3,6,9H,4-5H2,(H,15,16)/t9-/m0/s1. The summed E-state index contributed by atoms with van der Waals surface area (Å²) in [7, 11) is 0. The van der Waals surface area contributed by atoms with Gasteiger partial charge in [0.25, 0.3) is 0 Å². The number of benzene rings is 1. The number of rotatable bonds is 2. The second-order valence-corrected chi connectivity index (χ2v) is 4.56. The molecular formula is C11H10BrNO3. The van der Waals surface area contributed by atoms with E-state index in [1.54, 1.807) is 6.07 Å². The first-order valence-electron chi connectivity index (χ1n) is 4.89. The molecular weight excluding hydrogens is 274 g/mol. The first-order chi connectivity index (χ1) is 7.59. The Balaban J connectivity index is 2.25. The lowest BCUT2D eigenvalue weighted by atomic mass is 10.1. The minimum Gasteiger partial charge on any atom is -0.481 e. The van der Waals surface area contributed by atoms with Crippen LogP contribution < -0.4 is 4.90 Å². The van der Waals surface area contributed by atoms with Crippen molar-refractivity contribution in [2.24, 2.45) is 5.92 Å². The second kappa shape index (κ2) is 4.25. The summed E-state index contributed by atoms with van der Waals surface area (Å²) in [5.74, 6) is -2.26. The Bertz CT molecular complexity index is 447. The van der Waals surface area contributed by atoms with Crippen LogP contribution in [0, 0.1) is 5.92 Å². The Morgan fingerprint density at radius 1 is 1.50 bits per heavy atom. The van der Waals surface area contributed by atoms with Crippen molar-refractivity contribution in [3.8, 4) is 0 Å². The van der Waals surface area contributed by atoms with Crippen LogP contribution in [0.1, 0.15) is 6.42 Å². The number of nitrogens with zero attached hydrogens (tertiary/aromatic N) is 1. The smallest absolute Gasteiger partial charge is 0.316 e. The molecule has 1 N–H and O–H groups in total. The number of carboxylic acid groups (broad SMARTS) is 1. The number of amides is 1. The van der Waals surface area contributed by atoms with Crippen LogP contribution in [0.4, 0.5) is 5.69 Å². The Labute approximate surface area is 101 Å². The van der Waals surface area contributed by atoms with Crippen molar-refractivity contribution in [2.45, 2.75) is 6.42 Å². The number of hydrogen-bond acceptors (Lipinski definition) is 2. The Kier molecular flexibility index (Phi) is 2.96. The van der Waals surface area contributed by atoms with E-state index in [1.807, 2.05) is 18.2 Å². The number of aliphatic carboxylic acids is 1. The molecule has 2 rings (SSSR count). The molecule has 0 aromatic heterocycles. The molecule has 0 radical (unpaired) electrons. The summed E-state index contributed by atoms with van der Waals surface area (Å²) in [6.45, 7) is 0.465. The Morgan fingerprint density at radius 2 is 2.25 bits per heavy atom. The Hall–Kier alpha value is -1.36. The molecule has 0 bridgehead atoms. The van der Waals surface area contributed by atoms with Gasteiger partial charge in [0.15, 0.2) is 0 Å². The maximum atomic E-state index is 11.8. The fraction of sp³-hybridized carbons (Fsp3) is 0.273. The maximum Gasteiger partial charge on any atom is 0.316 e. The summed E-state index contributed by atoms with van der Waals surface area (Å²) in [5.41, 5.74) is 0.739. The zero-order valence-corrected chi connectivity index (χ0v) is 9.98. The van der Waals surface area contributed by atoms with E-state index < -0.39 is 11.9 Å². The molecule has 0 aliphatic carbocycles. The molecule has 1 fully saturated rings. The van der Waals surface area contributed by atoms with Gasteiger partial charge < -0.3 is 10.0 Å². The monoisotopic (exact) mass is 283 g/mol. The molecule has 1 amide bonds. The normalized spacial score (nSPS) is 20.2. The van der Waals surface area contributed by atoms with Crippen molar-refractivity contribution in [3.63, 3.8) is 0 Å². The van der Waals surface area contributed by atoms with Gasteiger partial charge in [0.2, 0.25) is 5.91 Å². The third-order valence-corrected chi connectivity index (χ3v) is 3.12. The summed E-state index contributed by atoms with van der Waals surface area (Å²) < 4.78 is 0.872. The zero-order chi connectivity index (χ0) is 11.7. The van der Waals surface area contributed by atoms with Crippen LogP contribution in [0.25, 0.3) is 0 Å². The van der Waals surface area contributed by atoms with Crippen molar-refractivity contribution in [2.75, 3.05) is 11.4 Å². The van der Waals surface area contributed by atoms with E-state index in [0.29, 0.717) is 13.0 Å². The zero-order valence-electron chi connectivity index (χ0n) is 8.39. The first kappa shape index (κ1) is 11.1. The van der Waals surface area contributed by atoms with E-state index in [0.717, 1.165) is 10.2 Å². The molecule has 16 heavy (non-hydrogen) atoms. The van der Waals surface area contributed by atoms with Crippen molar-refractivity contribution >= 4 is 33.5 Å². The van der Waals surface area contributed by atoms with Crippen LogP contribution in [0.5, 0.6) is 0 Å². The van der Waals surface area contributed by atoms with Gasteiger partial charge in [-0.25, -0.2) is 0 Å². The minimum atomic E-state index is -1.04. The number of carbonyl (C=O) groups excluding carboxylic acids is 1. The third-order valence-electron chi connectivity index (χ3n) is 2.62. The Morgan fingerprint density at radius 3 is 2.81 bits per heavy atom. The van der Waals surface area contributed by atoms with E-state index in [2.05, 4.69) is 15.9 Å². The molecule has 0 spiro atoms. The first-order valence-corrected chi connectivity index (χ1v) is 5.68. The maximum absolute atomic E-state index is 11.8. The highest BCUT2D eigenvalue weighted by molar-refractivity contribution is 9.10. The van der Waals surface area contributed by atoms with Gasteiger partial charge in [-0.3, -0.25) is 9.59 Å². The van der Waals surface area contributed by atoms with Crippen LogP contribution in [0.2, 0.25) is 0 Å². The molecule has 1 aromatic rings. The molecule has 1 aliphatic heterocycles. The molecule has 1 saturated heterocycles. The highest BCUT2D eigenvalue weighted by Gasteiger charge is 2.37. The average Bonchev–Trinajstić information content (AvgIpc) is 2.60. The number of halogens is 1. The molecule has 1 atom stereocenters. The van der Waals surface area contributed by atoms with Crippen molar-refractivity contribution in [3.05, 3.63) is 28.7 Å². The van der Waals surface area contributed by atoms with Gasteiger partial charge in [-0.1, -0.05) is 22.0 Å². The van der Waals surface area contributed by atoms with E-state index in [4.69, 9.17) is 5.11 Å². The van der Waals surface area contributed by atoms with Gasteiger partial charge in [-0.05, 0) is 24.6 Å². The number of carboxylic acids is 1. The quantitative estimate of drug-likeness (QED) is 0.844. The SMILES string of the molecule is O=C(O)[C@H]1CCN(c2cccc(Br)c2)C1=O. The van der Waals surface area contributed by atoms with E-state index in [9.17, 15) is 9.59 Å². The third kappa shape index (κ3) is 1.95. The molecule has 1 aromatic carbocycles. The van der Waals surface area contributed by atoms with E-state index >= 15 is 0 Å². The topological polar surface area (TPSA) is 57.6 Å². The van der Waals surface area contributed by atoms with Gasteiger partial charge in [0.05, 0.1) is 0 Å². The fourth-order valence-electron chi connectivity index (χ4n) is 1.81. The van der Waals surface area contributed by atoms with E-state index in [-0.39, 0.29) is 5.91 Å². The summed E-state index contributed by atoms with van der Waals surface area (Å²) in [4.78, 5) is 24.1. The van der Waals surface area contributed by atoms with Gasteiger partial charge in [-0.15, -0.1) is 0 Å². The van der Waals surface area contributed by atoms with Crippen LogP contribution in [0.15, 0.2) is 28.7 Å². The van der Waals surface area contributed by atoms with Crippen LogP contribution in [0.3, 0.4) is 0 Å². The van der Waals surface area contributed by atoms with E-state index in [1.165, 1.54) is 4.90 Å². The molecule has 0 saturated carbocycles. The van der Waals surface area contributed by atoms with Gasteiger partial charge in [-0.2, -0.15) is 0 Å². The lowest BCUT2D eigenvalue weighted by Crippen LogP contribution is -2.30. The minimum absolute atomic E-state index is 0.328. The molecule has 5 heteroatoms.